The minimum atomic E-state index is -4.09. The zero-order valence-electron chi connectivity index (χ0n) is 28.1. The van der Waals surface area contributed by atoms with Gasteiger partial charge in [-0.25, -0.2) is 14.3 Å². The molecule has 51 heavy (non-hydrogen) atoms. The summed E-state index contributed by atoms with van der Waals surface area (Å²) in [4.78, 5) is 61.0. The monoisotopic (exact) mass is 753 g/mol. The van der Waals surface area contributed by atoms with E-state index in [2.05, 4.69) is 27.0 Å². The van der Waals surface area contributed by atoms with Gasteiger partial charge in [0.2, 0.25) is 0 Å². The van der Waals surface area contributed by atoms with Crippen LogP contribution >= 0.6 is 15.2 Å². The molecule has 3 aromatic rings. The van der Waals surface area contributed by atoms with Gasteiger partial charge in [-0.05, 0) is 51.0 Å². The molecule has 0 aliphatic carbocycles. The maximum atomic E-state index is 12.4. The van der Waals surface area contributed by atoms with E-state index in [1.807, 2.05) is 0 Å². The van der Waals surface area contributed by atoms with Gasteiger partial charge in [0, 0.05) is 43.9 Å². The van der Waals surface area contributed by atoms with Crippen molar-refractivity contribution in [2.45, 2.75) is 52.6 Å². The molecule has 0 aliphatic heterocycles. The molecule has 0 aromatic carbocycles. The summed E-state index contributed by atoms with van der Waals surface area (Å²) in [5, 5.41) is 36.5. The number of pyridine rings is 1. The lowest BCUT2D eigenvalue weighted by molar-refractivity contribution is -0.139. The highest BCUT2D eigenvalue weighted by Crippen LogP contribution is 2.43. The van der Waals surface area contributed by atoms with Gasteiger partial charge in [0.1, 0.15) is 12.6 Å². The number of aromatic nitrogens is 5. The van der Waals surface area contributed by atoms with Gasteiger partial charge in [0.25, 0.3) is 0 Å². The Hall–Kier alpha value is -4.24. The smallest absolute Gasteiger partial charge is 0.342 e. The van der Waals surface area contributed by atoms with Crippen LogP contribution in [0.4, 0.5) is 0 Å². The van der Waals surface area contributed by atoms with Gasteiger partial charge in [0.05, 0.1) is 37.7 Å². The normalized spacial score (nSPS) is 13.8. The molecule has 0 saturated heterocycles. The third-order valence-electron chi connectivity index (χ3n) is 6.64. The minimum Gasteiger partial charge on any atom is -0.481 e. The molecular formula is C30H41N7O12P2. The molecule has 0 spiro atoms. The molecule has 3 aromatic heterocycles. The minimum absolute atomic E-state index is 0.0319. The van der Waals surface area contributed by atoms with Gasteiger partial charge in [-0.2, -0.15) is 10.2 Å². The van der Waals surface area contributed by atoms with Crippen molar-refractivity contribution in [1.82, 2.24) is 34.3 Å². The summed E-state index contributed by atoms with van der Waals surface area (Å²) in [5.74, 6) is 3.30. The highest BCUT2D eigenvalue weighted by atomic mass is 31.2. The zero-order chi connectivity index (χ0) is 37.6. The summed E-state index contributed by atoms with van der Waals surface area (Å²) in [6.45, 7) is 1.74. The summed E-state index contributed by atoms with van der Waals surface area (Å²) in [5.41, 5.74) is 1.22. The molecule has 3 heterocycles. The molecule has 0 fully saturated rings. The molecule has 0 saturated carbocycles. The molecule has 2 atom stereocenters. The molecule has 278 valence electrons. The van der Waals surface area contributed by atoms with Crippen molar-refractivity contribution in [2.75, 3.05) is 38.9 Å². The van der Waals surface area contributed by atoms with Gasteiger partial charge in [0.15, 0.2) is 11.6 Å². The fourth-order valence-electron chi connectivity index (χ4n) is 4.75. The van der Waals surface area contributed by atoms with Crippen LogP contribution in [-0.2, 0) is 45.7 Å². The summed E-state index contributed by atoms with van der Waals surface area (Å²) >= 11 is 0. The van der Waals surface area contributed by atoms with E-state index in [9.17, 15) is 43.5 Å². The number of carboxylic acid groups (broad SMARTS) is 3. The van der Waals surface area contributed by atoms with Gasteiger partial charge in [-0.1, -0.05) is 11.8 Å². The van der Waals surface area contributed by atoms with Gasteiger partial charge < -0.3 is 34.2 Å². The Kier molecular flexibility index (Phi) is 15.7. The molecule has 0 aliphatic rings. The molecule has 3 rings (SSSR count). The van der Waals surface area contributed by atoms with E-state index in [0.717, 1.165) is 0 Å². The zero-order valence-corrected chi connectivity index (χ0v) is 29.9. The van der Waals surface area contributed by atoms with Crippen LogP contribution in [0.25, 0.3) is 11.6 Å². The number of hydrogen-bond acceptors (Lipinski definition) is 12. The van der Waals surface area contributed by atoms with Crippen LogP contribution in [0.5, 0.6) is 0 Å². The molecule has 19 nitrogen and oxygen atoms in total. The van der Waals surface area contributed by atoms with Crippen LogP contribution in [0.2, 0.25) is 0 Å². The Morgan fingerprint density at radius 1 is 0.784 bits per heavy atom. The van der Waals surface area contributed by atoms with Crippen LogP contribution < -0.4 is 0 Å². The van der Waals surface area contributed by atoms with Crippen molar-refractivity contribution in [3.8, 4) is 23.5 Å². The predicted molar refractivity (Wildman–Crippen MR) is 180 cm³/mol. The number of rotatable bonds is 22. The second kappa shape index (κ2) is 19.4. The first-order chi connectivity index (χ1) is 24.1. The quantitative estimate of drug-likeness (QED) is 0.0561. The summed E-state index contributed by atoms with van der Waals surface area (Å²) in [6.07, 6.45) is 3.56. The van der Waals surface area contributed by atoms with Crippen molar-refractivity contribution in [3.63, 3.8) is 0 Å². The van der Waals surface area contributed by atoms with E-state index in [0.29, 0.717) is 36.2 Å². The highest BCUT2D eigenvalue weighted by Gasteiger charge is 2.27. The van der Waals surface area contributed by atoms with E-state index >= 15 is 0 Å². The highest BCUT2D eigenvalue weighted by molar-refractivity contribution is 7.53. The Morgan fingerprint density at radius 2 is 1.25 bits per heavy atom. The predicted octanol–water partition coefficient (Wildman–Crippen LogP) is 2.58. The Labute approximate surface area is 293 Å². The third-order valence-corrected chi connectivity index (χ3v) is 9.48. The first-order valence-electron chi connectivity index (χ1n) is 15.7. The van der Waals surface area contributed by atoms with Gasteiger partial charge in [-0.3, -0.25) is 33.3 Å². The molecule has 0 bridgehead atoms. The molecule has 0 radical (unpaired) electrons. The second-order valence-corrected chi connectivity index (χ2v) is 14.8. The Morgan fingerprint density at radius 3 is 1.67 bits per heavy atom. The van der Waals surface area contributed by atoms with Crippen LogP contribution in [0.15, 0.2) is 36.7 Å². The molecule has 0 amide bonds. The first-order valence-corrected chi connectivity index (χ1v) is 19.2. The van der Waals surface area contributed by atoms with E-state index < -0.39 is 58.8 Å². The fraction of sp³-hybridized carbons (Fsp3) is 0.467. The number of unbranched alkanes of at least 4 members (excludes halogenated alkanes) is 2. The van der Waals surface area contributed by atoms with Crippen LogP contribution in [0.3, 0.4) is 0 Å². The summed E-state index contributed by atoms with van der Waals surface area (Å²) in [7, 11) is -8.19. The number of carboxylic acids is 3. The standard InChI is InChI=1S/C30H41N7O12P2/c1-3-48-50(44,45)21-34(19-29(40)41)17-24-11-13-36(32-24)26-15-23(9-7-5-6-8-10-28(38)39)16-27(31-26)37-14-12-25(33-37)18-35(20-30(42)43)22-51(46,47)49-4-2/h11-16H,3-6,8,10,17-22H2,1-2H3,(H,38,39)(H,40,41)(H,42,43)(H,44,45)(H,46,47). The van der Waals surface area contributed by atoms with E-state index in [1.54, 1.807) is 50.5 Å². The number of aliphatic carboxylic acids is 3. The largest absolute Gasteiger partial charge is 0.481 e. The van der Waals surface area contributed by atoms with Gasteiger partial charge in [-0.15, -0.1) is 0 Å². The van der Waals surface area contributed by atoms with Crippen molar-refractivity contribution >= 4 is 33.1 Å². The fourth-order valence-corrected chi connectivity index (χ4v) is 7.13. The van der Waals surface area contributed by atoms with Crippen LogP contribution in [0, 0.1) is 11.8 Å². The maximum absolute atomic E-state index is 12.4. The average molecular weight is 754 g/mol. The maximum Gasteiger partial charge on any atom is 0.342 e. The van der Waals surface area contributed by atoms with Crippen molar-refractivity contribution in [3.05, 3.63) is 53.6 Å². The van der Waals surface area contributed by atoms with E-state index in [4.69, 9.17) is 14.2 Å². The first kappa shape index (κ1) is 41.2. The SMILES string of the molecule is CCOP(=O)(O)CN(CC(=O)O)Cc1ccn(-c2cc(C#CCCCCC(=O)O)cc(-n3ccc(CN(CC(=O)O)CP(=O)(O)OCC)n3)n2)n1. The summed E-state index contributed by atoms with van der Waals surface area (Å²) in [6, 6.07) is 6.46. The van der Waals surface area contributed by atoms with Crippen molar-refractivity contribution < 1.29 is 57.7 Å². The molecular weight excluding hydrogens is 712 g/mol. The van der Waals surface area contributed by atoms with E-state index in [-0.39, 0.29) is 44.4 Å². The average Bonchev–Trinajstić information content (AvgIpc) is 3.67. The topological polar surface area (TPSA) is 260 Å². The molecule has 2 unspecified atom stereocenters. The number of nitrogens with zero attached hydrogens (tertiary/aromatic N) is 7. The number of hydrogen-bond donors (Lipinski definition) is 5. The van der Waals surface area contributed by atoms with E-state index in [1.165, 1.54) is 19.2 Å². The van der Waals surface area contributed by atoms with Crippen molar-refractivity contribution in [2.24, 2.45) is 0 Å². The lowest BCUT2D eigenvalue weighted by atomic mass is 10.2. The van der Waals surface area contributed by atoms with Crippen molar-refractivity contribution in [1.29, 1.82) is 0 Å². The third kappa shape index (κ3) is 14.9. The number of carbonyl (C=O) groups is 3. The Balaban J connectivity index is 1.93. The molecule has 5 N–H and O–H groups in total. The Bertz CT molecular complexity index is 1710. The summed E-state index contributed by atoms with van der Waals surface area (Å²) < 4.78 is 37.3. The van der Waals surface area contributed by atoms with Crippen LogP contribution in [0.1, 0.15) is 56.5 Å². The van der Waals surface area contributed by atoms with Gasteiger partial charge >= 0.3 is 33.1 Å². The molecule has 21 heteroatoms. The lowest BCUT2D eigenvalue weighted by Gasteiger charge is -2.21. The van der Waals surface area contributed by atoms with Crippen LogP contribution in [-0.4, -0.2) is 116 Å². The second-order valence-electron chi connectivity index (χ2n) is 11.1. The lowest BCUT2D eigenvalue weighted by Crippen LogP contribution is -2.31.